The Kier molecular flexibility index (Phi) is 4.76. The summed E-state index contributed by atoms with van der Waals surface area (Å²) >= 11 is 6.14. The van der Waals surface area contributed by atoms with Crippen molar-refractivity contribution in [2.45, 2.75) is 6.92 Å². The number of hydrogen-bond acceptors (Lipinski definition) is 3. The SMILES string of the molecule is Cc1cccc(Cl)c1NC(=O)N1CCN(C(=O)c2ccco2)CC1. The number of piperazine rings is 1. The van der Waals surface area contributed by atoms with Crippen molar-refractivity contribution in [3.05, 3.63) is 52.9 Å². The van der Waals surface area contributed by atoms with Crippen molar-refractivity contribution in [3.63, 3.8) is 0 Å². The van der Waals surface area contributed by atoms with Gasteiger partial charge in [0.1, 0.15) is 0 Å². The van der Waals surface area contributed by atoms with Crippen molar-refractivity contribution in [1.29, 1.82) is 0 Å². The Labute approximate surface area is 145 Å². The molecule has 0 saturated carbocycles. The smallest absolute Gasteiger partial charge is 0.322 e. The lowest BCUT2D eigenvalue weighted by Gasteiger charge is -2.34. The van der Waals surface area contributed by atoms with E-state index in [9.17, 15) is 9.59 Å². The van der Waals surface area contributed by atoms with Gasteiger partial charge in [-0.3, -0.25) is 4.79 Å². The number of carbonyl (C=O) groups is 2. The number of anilines is 1. The minimum atomic E-state index is -0.212. The molecule has 0 aliphatic carbocycles. The van der Waals surface area contributed by atoms with Gasteiger partial charge in [-0.25, -0.2) is 4.79 Å². The number of rotatable bonds is 2. The Morgan fingerprint density at radius 2 is 1.79 bits per heavy atom. The number of para-hydroxylation sites is 1. The maximum atomic E-state index is 12.4. The van der Waals surface area contributed by atoms with Crippen LogP contribution in [-0.4, -0.2) is 47.9 Å². The van der Waals surface area contributed by atoms with E-state index in [0.717, 1.165) is 5.56 Å². The number of amides is 3. The highest BCUT2D eigenvalue weighted by molar-refractivity contribution is 6.33. The Balaban J connectivity index is 1.58. The van der Waals surface area contributed by atoms with E-state index in [4.69, 9.17) is 16.0 Å². The van der Waals surface area contributed by atoms with E-state index in [1.807, 2.05) is 19.1 Å². The summed E-state index contributed by atoms with van der Waals surface area (Å²) in [4.78, 5) is 28.0. The second-order valence-electron chi connectivity index (χ2n) is 5.62. The number of urea groups is 1. The van der Waals surface area contributed by atoms with Gasteiger partial charge in [0.2, 0.25) is 0 Å². The normalized spacial score (nSPS) is 14.6. The Morgan fingerprint density at radius 3 is 2.42 bits per heavy atom. The molecule has 6 nitrogen and oxygen atoms in total. The van der Waals surface area contributed by atoms with Gasteiger partial charge in [0, 0.05) is 26.2 Å². The first-order valence-electron chi connectivity index (χ1n) is 7.70. The summed E-state index contributed by atoms with van der Waals surface area (Å²) in [6.45, 7) is 3.74. The quantitative estimate of drug-likeness (QED) is 0.907. The van der Waals surface area contributed by atoms with Gasteiger partial charge in [-0.15, -0.1) is 0 Å². The number of halogens is 1. The molecule has 2 heterocycles. The van der Waals surface area contributed by atoms with Gasteiger partial charge in [-0.1, -0.05) is 23.7 Å². The molecule has 0 unspecified atom stereocenters. The molecule has 126 valence electrons. The standard InChI is InChI=1S/C17H18ClN3O3/c1-12-4-2-5-13(18)15(12)19-17(23)21-9-7-20(8-10-21)16(22)14-6-3-11-24-14/h2-6,11H,7-10H2,1H3,(H,19,23). The summed E-state index contributed by atoms with van der Waals surface area (Å²) in [5, 5.41) is 3.36. The van der Waals surface area contributed by atoms with E-state index in [2.05, 4.69) is 5.32 Å². The highest BCUT2D eigenvalue weighted by Crippen LogP contribution is 2.25. The molecule has 1 fully saturated rings. The summed E-state index contributed by atoms with van der Waals surface area (Å²) in [5.74, 6) is 0.168. The fraction of sp³-hybridized carbons (Fsp3) is 0.294. The lowest BCUT2D eigenvalue weighted by molar-refractivity contribution is 0.0640. The minimum absolute atomic E-state index is 0.151. The molecule has 1 aliphatic rings. The second kappa shape index (κ2) is 6.97. The zero-order valence-electron chi connectivity index (χ0n) is 13.3. The molecule has 1 N–H and O–H groups in total. The molecule has 3 amide bonds. The topological polar surface area (TPSA) is 65.8 Å². The van der Waals surface area contributed by atoms with Crippen LogP contribution in [0.5, 0.6) is 0 Å². The Morgan fingerprint density at radius 1 is 1.08 bits per heavy atom. The van der Waals surface area contributed by atoms with E-state index in [1.54, 1.807) is 28.0 Å². The first kappa shape index (κ1) is 16.4. The molecule has 0 atom stereocenters. The third-order valence-electron chi connectivity index (χ3n) is 4.04. The first-order chi connectivity index (χ1) is 11.6. The molecule has 1 aromatic carbocycles. The van der Waals surface area contributed by atoms with Gasteiger partial charge in [0.15, 0.2) is 5.76 Å². The van der Waals surface area contributed by atoms with Crippen molar-refractivity contribution >= 4 is 29.2 Å². The van der Waals surface area contributed by atoms with Crippen LogP contribution in [0.2, 0.25) is 5.02 Å². The molecule has 3 rings (SSSR count). The summed E-state index contributed by atoms with van der Waals surface area (Å²) in [5.41, 5.74) is 1.53. The Hall–Kier alpha value is -2.47. The molecule has 7 heteroatoms. The van der Waals surface area contributed by atoms with Crippen LogP contribution in [-0.2, 0) is 0 Å². The molecule has 0 spiro atoms. The zero-order chi connectivity index (χ0) is 17.1. The number of nitrogens with one attached hydrogen (secondary N) is 1. The lowest BCUT2D eigenvalue weighted by Crippen LogP contribution is -2.51. The molecule has 24 heavy (non-hydrogen) atoms. The van der Waals surface area contributed by atoms with Gasteiger partial charge >= 0.3 is 6.03 Å². The van der Waals surface area contributed by atoms with E-state index >= 15 is 0 Å². The minimum Gasteiger partial charge on any atom is -0.459 e. The molecular weight excluding hydrogens is 330 g/mol. The predicted molar refractivity (Wildman–Crippen MR) is 91.4 cm³/mol. The number of nitrogens with zero attached hydrogens (tertiary/aromatic N) is 2. The van der Waals surface area contributed by atoms with E-state index in [0.29, 0.717) is 42.6 Å². The number of carbonyl (C=O) groups excluding carboxylic acids is 2. The van der Waals surface area contributed by atoms with Gasteiger partial charge < -0.3 is 19.5 Å². The average Bonchev–Trinajstić information content (AvgIpc) is 3.12. The number of aryl methyl sites for hydroxylation is 1. The third kappa shape index (κ3) is 3.38. The highest BCUT2D eigenvalue weighted by atomic mass is 35.5. The number of furan rings is 1. The molecule has 0 bridgehead atoms. The van der Waals surface area contributed by atoms with Crippen molar-refractivity contribution in [2.75, 3.05) is 31.5 Å². The van der Waals surface area contributed by atoms with Crippen LogP contribution >= 0.6 is 11.6 Å². The maximum Gasteiger partial charge on any atom is 0.322 e. The molecule has 1 aliphatic heterocycles. The molecule has 1 aromatic heterocycles. The lowest BCUT2D eigenvalue weighted by atomic mass is 10.2. The second-order valence-corrected chi connectivity index (χ2v) is 6.03. The van der Waals surface area contributed by atoms with Crippen LogP contribution in [0.25, 0.3) is 0 Å². The Bertz CT molecular complexity index is 717. The van der Waals surface area contributed by atoms with E-state index < -0.39 is 0 Å². The summed E-state index contributed by atoms with van der Waals surface area (Å²) in [6.07, 6.45) is 1.48. The van der Waals surface area contributed by atoms with Crippen molar-refractivity contribution in [1.82, 2.24) is 9.80 Å². The molecule has 2 aromatic rings. The van der Waals surface area contributed by atoms with Gasteiger partial charge in [0.05, 0.1) is 17.0 Å². The highest BCUT2D eigenvalue weighted by Gasteiger charge is 2.26. The average molecular weight is 348 g/mol. The van der Waals surface area contributed by atoms with Crippen LogP contribution < -0.4 is 5.32 Å². The molecular formula is C17H18ClN3O3. The van der Waals surface area contributed by atoms with Gasteiger partial charge in [0.25, 0.3) is 5.91 Å². The summed E-state index contributed by atoms with van der Waals surface area (Å²) in [6, 6.07) is 8.58. The molecule has 1 saturated heterocycles. The third-order valence-corrected chi connectivity index (χ3v) is 4.35. The van der Waals surface area contributed by atoms with Crippen molar-refractivity contribution in [2.24, 2.45) is 0 Å². The number of benzene rings is 1. The van der Waals surface area contributed by atoms with Crippen LogP contribution in [0.1, 0.15) is 16.1 Å². The predicted octanol–water partition coefficient (Wildman–Crippen LogP) is 3.23. The van der Waals surface area contributed by atoms with Gasteiger partial charge in [-0.05, 0) is 30.7 Å². The van der Waals surface area contributed by atoms with Crippen molar-refractivity contribution in [3.8, 4) is 0 Å². The van der Waals surface area contributed by atoms with Crippen LogP contribution in [0.3, 0.4) is 0 Å². The van der Waals surface area contributed by atoms with Crippen LogP contribution in [0.4, 0.5) is 10.5 Å². The van der Waals surface area contributed by atoms with E-state index in [-0.39, 0.29) is 11.9 Å². The number of hydrogen-bond donors (Lipinski definition) is 1. The van der Waals surface area contributed by atoms with E-state index in [1.165, 1.54) is 6.26 Å². The fourth-order valence-corrected chi connectivity index (χ4v) is 2.91. The van der Waals surface area contributed by atoms with Gasteiger partial charge in [-0.2, -0.15) is 0 Å². The summed E-state index contributed by atoms with van der Waals surface area (Å²) in [7, 11) is 0. The summed E-state index contributed by atoms with van der Waals surface area (Å²) < 4.78 is 5.13. The zero-order valence-corrected chi connectivity index (χ0v) is 14.0. The monoisotopic (exact) mass is 347 g/mol. The molecule has 0 radical (unpaired) electrons. The fourth-order valence-electron chi connectivity index (χ4n) is 2.64. The first-order valence-corrected chi connectivity index (χ1v) is 8.08. The van der Waals surface area contributed by atoms with Crippen LogP contribution in [0.15, 0.2) is 41.0 Å². The largest absolute Gasteiger partial charge is 0.459 e. The van der Waals surface area contributed by atoms with Crippen molar-refractivity contribution < 1.29 is 14.0 Å². The maximum absolute atomic E-state index is 12.4. The van der Waals surface area contributed by atoms with Crippen LogP contribution in [0, 0.1) is 6.92 Å².